The molecule has 0 bridgehead atoms. The van der Waals surface area contributed by atoms with Gasteiger partial charge < -0.3 is 4.90 Å². The Kier molecular flexibility index (Phi) is 2.89. The molecule has 1 atom stereocenters. The fraction of sp³-hybridized carbons (Fsp3) is 0.267. The summed E-state index contributed by atoms with van der Waals surface area (Å²) in [6.07, 6.45) is 1.35. The molecule has 5 nitrogen and oxygen atoms in total. The van der Waals surface area contributed by atoms with Crippen LogP contribution in [0.2, 0.25) is 0 Å². The van der Waals surface area contributed by atoms with Crippen molar-refractivity contribution in [3.05, 3.63) is 63.3 Å². The molecule has 1 aromatic heterocycles. The number of hydrogen-bond acceptors (Lipinski definition) is 4. The Labute approximate surface area is 117 Å². The van der Waals surface area contributed by atoms with Crippen LogP contribution in [0.25, 0.3) is 0 Å². The van der Waals surface area contributed by atoms with Crippen LogP contribution < -0.4 is 4.90 Å². The van der Waals surface area contributed by atoms with Crippen molar-refractivity contribution in [2.45, 2.75) is 26.4 Å². The van der Waals surface area contributed by atoms with Gasteiger partial charge in [0, 0.05) is 12.1 Å². The largest absolute Gasteiger partial charge is 0.345 e. The standard InChI is InChI=1S/C15H15N3O2/c1-10-7-15(16-8-14(10)18(19)20)17-9-12-5-3-4-6-13(12)11(17)2/h3-8,11H,9H2,1-2H3/t11-/m1/s1. The highest BCUT2D eigenvalue weighted by Crippen LogP contribution is 2.36. The topological polar surface area (TPSA) is 59.3 Å². The first-order valence-electron chi connectivity index (χ1n) is 6.53. The number of nitro groups is 1. The van der Waals surface area contributed by atoms with Crippen molar-refractivity contribution < 1.29 is 4.92 Å². The molecule has 102 valence electrons. The number of anilines is 1. The second-order valence-electron chi connectivity index (χ2n) is 5.09. The van der Waals surface area contributed by atoms with Crippen molar-refractivity contribution in [1.29, 1.82) is 0 Å². The lowest BCUT2D eigenvalue weighted by Gasteiger charge is -2.23. The number of hydrogen-bond donors (Lipinski definition) is 0. The van der Waals surface area contributed by atoms with Gasteiger partial charge >= 0.3 is 0 Å². The van der Waals surface area contributed by atoms with Gasteiger partial charge in [-0.25, -0.2) is 4.98 Å². The van der Waals surface area contributed by atoms with Gasteiger partial charge in [-0.1, -0.05) is 24.3 Å². The van der Waals surface area contributed by atoms with E-state index in [0.717, 1.165) is 12.4 Å². The molecule has 1 aliphatic heterocycles. The van der Waals surface area contributed by atoms with Crippen molar-refractivity contribution in [2.75, 3.05) is 4.90 Å². The van der Waals surface area contributed by atoms with E-state index in [2.05, 4.69) is 28.9 Å². The molecular weight excluding hydrogens is 254 g/mol. The second-order valence-corrected chi connectivity index (χ2v) is 5.09. The Balaban J connectivity index is 1.96. The number of aryl methyl sites for hydroxylation is 1. The summed E-state index contributed by atoms with van der Waals surface area (Å²) in [5, 5.41) is 10.8. The summed E-state index contributed by atoms with van der Waals surface area (Å²) >= 11 is 0. The maximum absolute atomic E-state index is 10.8. The minimum Gasteiger partial charge on any atom is -0.345 e. The van der Waals surface area contributed by atoms with Crippen LogP contribution in [0.4, 0.5) is 11.5 Å². The van der Waals surface area contributed by atoms with Crippen molar-refractivity contribution in [2.24, 2.45) is 0 Å². The summed E-state index contributed by atoms with van der Waals surface area (Å²) in [4.78, 5) is 16.9. The third-order valence-corrected chi connectivity index (χ3v) is 3.87. The zero-order valence-corrected chi connectivity index (χ0v) is 11.4. The van der Waals surface area contributed by atoms with Crippen LogP contribution in [0.1, 0.15) is 29.7 Å². The van der Waals surface area contributed by atoms with Gasteiger partial charge in [0.05, 0.1) is 11.0 Å². The third-order valence-electron chi connectivity index (χ3n) is 3.87. The Hall–Kier alpha value is -2.43. The first-order chi connectivity index (χ1) is 9.58. The molecule has 0 unspecified atom stereocenters. The summed E-state index contributed by atoms with van der Waals surface area (Å²) < 4.78 is 0. The summed E-state index contributed by atoms with van der Waals surface area (Å²) in [5.74, 6) is 0.789. The first-order valence-corrected chi connectivity index (χ1v) is 6.53. The maximum atomic E-state index is 10.8. The third kappa shape index (κ3) is 1.91. The lowest BCUT2D eigenvalue weighted by Crippen LogP contribution is -2.20. The molecule has 0 saturated heterocycles. The minimum atomic E-state index is -0.395. The van der Waals surface area contributed by atoms with Crippen LogP contribution in [0.15, 0.2) is 36.5 Å². The maximum Gasteiger partial charge on any atom is 0.290 e. The van der Waals surface area contributed by atoms with Gasteiger partial charge in [-0.15, -0.1) is 0 Å². The highest BCUT2D eigenvalue weighted by Gasteiger charge is 2.28. The van der Waals surface area contributed by atoms with Gasteiger partial charge in [0.25, 0.3) is 5.69 Å². The van der Waals surface area contributed by atoms with Gasteiger partial charge in [0.1, 0.15) is 12.0 Å². The number of benzene rings is 1. The number of nitrogens with zero attached hydrogens (tertiary/aromatic N) is 3. The molecule has 20 heavy (non-hydrogen) atoms. The van der Waals surface area contributed by atoms with Gasteiger partial charge in [-0.05, 0) is 31.0 Å². The molecule has 5 heteroatoms. The highest BCUT2D eigenvalue weighted by atomic mass is 16.6. The first kappa shape index (κ1) is 12.6. The Morgan fingerprint density at radius 3 is 2.80 bits per heavy atom. The van der Waals surface area contributed by atoms with Crippen LogP contribution in [-0.2, 0) is 6.54 Å². The van der Waals surface area contributed by atoms with Crippen molar-refractivity contribution in [3.63, 3.8) is 0 Å². The molecule has 1 aromatic carbocycles. The van der Waals surface area contributed by atoms with E-state index in [9.17, 15) is 10.1 Å². The molecule has 2 aromatic rings. The molecule has 0 saturated carbocycles. The van der Waals surface area contributed by atoms with Crippen molar-refractivity contribution in [1.82, 2.24) is 4.98 Å². The van der Waals surface area contributed by atoms with E-state index in [4.69, 9.17) is 0 Å². The van der Waals surface area contributed by atoms with Crippen molar-refractivity contribution in [3.8, 4) is 0 Å². The van der Waals surface area contributed by atoms with E-state index >= 15 is 0 Å². The molecule has 2 heterocycles. The van der Waals surface area contributed by atoms with Crippen LogP contribution in [0.5, 0.6) is 0 Å². The molecule has 0 aliphatic carbocycles. The lowest BCUT2D eigenvalue weighted by atomic mass is 10.1. The summed E-state index contributed by atoms with van der Waals surface area (Å²) in [7, 11) is 0. The SMILES string of the molecule is Cc1cc(N2Cc3ccccc3[C@H]2C)ncc1[N+](=O)[O-]. The smallest absolute Gasteiger partial charge is 0.290 e. The predicted octanol–water partition coefficient (Wildman–Crippen LogP) is 3.38. The van der Waals surface area contributed by atoms with Crippen LogP contribution in [-0.4, -0.2) is 9.91 Å². The quantitative estimate of drug-likeness (QED) is 0.619. The van der Waals surface area contributed by atoms with E-state index in [1.165, 1.54) is 17.3 Å². The minimum absolute atomic E-state index is 0.0677. The van der Waals surface area contributed by atoms with Gasteiger partial charge in [0.2, 0.25) is 0 Å². The molecule has 1 aliphatic rings. The lowest BCUT2D eigenvalue weighted by molar-refractivity contribution is -0.385. The van der Waals surface area contributed by atoms with E-state index in [-0.39, 0.29) is 11.7 Å². The Morgan fingerprint density at radius 1 is 1.40 bits per heavy atom. The van der Waals surface area contributed by atoms with Crippen molar-refractivity contribution >= 4 is 11.5 Å². The van der Waals surface area contributed by atoms with E-state index < -0.39 is 4.92 Å². The molecule has 0 fully saturated rings. The number of rotatable bonds is 2. The Bertz CT molecular complexity index is 685. The van der Waals surface area contributed by atoms with E-state index in [0.29, 0.717) is 5.56 Å². The monoisotopic (exact) mass is 269 g/mol. The average Bonchev–Trinajstić information content (AvgIpc) is 2.76. The van der Waals surface area contributed by atoms with Gasteiger partial charge in [-0.2, -0.15) is 0 Å². The number of aromatic nitrogens is 1. The molecule has 0 N–H and O–H groups in total. The number of fused-ring (bicyclic) bond motifs is 1. The molecule has 0 spiro atoms. The summed E-state index contributed by atoms with van der Waals surface area (Å²) in [5.41, 5.74) is 3.30. The average molecular weight is 269 g/mol. The fourth-order valence-electron chi connectivity index (χ4n) is 2.74. The number of pyridine rings is 1. The molecule has 0 amide bonds. The van der Waals surface area contributed by atoms with E-state index in [1.807, 2.05) is 12.1 Å². The van der Waals surface area contributed by atoms with Crippen LogP contribution in [0.3, 0.4) is 0 Å². The highest BCUT2D eigenvalue weighted by molar-refractivity contribution is 5.54. The predicted molar refractivity (Wildman–Crippen MR) is 76.7 cm³/mol. The fourth-order valence-corrected chi connectivity index (χ4v) is 2.74. The van der Waals surface area contributed by atoms with Crippen LogP contribution in [0, 0.1) is 17.0 Å². The zero-order valence-electron chi connectivity index (χ0n) is 11.4. The summed E-state index contributed by atoms with van der Waals surface area (Å²) in [6.45, 7) is 4.67. The normalized spacial score (nSPS) is 17.1. The zero-order chi connectivity index (χ0) is 14.3. The van der Waals surface area contributed by atoms with E-state index in [1.54, 1.807) is 13.0 Å². The van der Waals surface area contributed by atoms with Crippen LogP contribution >= 0.6 is 0 Å². The van der Waals surface area contributed by atoms with Gasteiger partial charge in [0.15, 0.2) is 0 Å². The summed E-state index contributed by atoms with van der Waals surface area (Å²) in [6, 6.07) is 10.3. The molecular formula is C15H15N3O2. The molecule has 3 rings (SSSR count). The second kappa shape index (κ2) is 4.59. The molecule has 0 radical (unpaired) electrons. The Morgan fingerprint density at radius 2 is 2.15 bits per heavy atom. The van der Waals surface area contributed by atoms with Gasteiger partial charge in [-0.3, -0.25) is 10.1 Å².